The van der Waals surface area contributed by atoms with Crippen LogP contribution in [0.1, 0.15) is 50.3 Å². The van der Waals surface area contributed by atoms with E-state index in [9.17, 15) is 5.11 Å². The molecule has 0 radical (unpaired) electrons. The Kier molecular flexibility index (Phi) is 5.27. The number of hydrogen-bond acceptors (Lipinski definition) is 2. The summed E-state index contributed by atoms with van der Waals surface area (Å²) in [6.45, 7) is 6.04. The lowest BCUT2D eigenvalue weighted by Crippen LogP contribution is -1.97. The van der Waals surface area contributed by atoms with E-state index in [1.807, 2.05) is 24.3 Å². The molecule has 0 aliphatic heterocycles. The first-order valence-electron chi connectivity index (χ1n) is 7.27. The number of benzene rings is 2. The maximum atomic E-state index is 9.61. The van der Waals surface area contributed by atoms with Crippen molar-refractivity contribution in [2.75, 3.05) is 0 Å². The number of aliphatic hydroxyl groups is 1. The lowest BCUT2D eigenvalue weighted by atomic mass is 9.98. The Morgan fingerprint density at radius 2 is 1.81 bits per heavy atom. The van der Waals surface area contributed by atoms with Crippen LogP contribution in [0, 0.1) is 0 Å². The van der Waals surface area contributed by atoms with Crippen LogP contribution >= 0.6 is 11.6 Å². The summed E-state index contributed by atoms with van der Waals surface area (Å²) in [6.07, 6.45) is 0.473. The fourth-order valence-electron chi connectivity index (χ4n) is 2.24. The maximum absolute atomic E-state index is 9.61. The Hall–Kier alpha value is -1.51. The molecule has 0 saturated heterocycles. The third-order valence-corrected chi connectivity index (χ3v) is 4.04. The van der Waals surface area contributed by atoms with Gasteiger partial charge in [0, 0.05) is 0 Å². The van der Waals surface area contributed by atoms with Crippen molar-refractivity contribution in [2.24, 2.45) is 0 Å². The number of rotatable bonds is 5. The van der Waals surface area contributed by atoms with Crippen LogP contribution in [0.3, 0.4) is 0 Å². The predicted molar refractivity (Wildman–Crippen MR) is 87.3 cm³/mol. The van der Waals surface area contributed by atoms with Gasteiger partial charge in [0.25, 0.3) is 0 Å². The molecular weight excluding hydrogens is 284 g/mol. The van der Waals surface area contributed by atoms with Gasteiger partial charge in [-0.2, -0.15) is 0 Å². The van der Waals surface area contributed by atoms with Gasteiger partial charge < -0.3 is 9.84 Å². The van der Waals surface area contributed by atoms with E-state index in [1.165, 1.54) is 5.56 Å². The van der Waals surface area contributed by atoms with Crippen LogP contribution in [-0.4, -0.2) is 5.11 Å². The first-order valence-corrected chi connectivity index (χ1v) is 7.65. The Balaban J connectivity index is 2.29. The lowest BCUT2D eigenvalue weighted by Gasteiger charge is -2.16. The zero-order chi connectivity index (χ0) is 15.4. The highest BCUT2D eigenvalue weighted by molar-refractivity contribution is 6.31. The van der Waals surface area contributed by atoms with E-state index in [4.69, 9.17) is 16.3 Å². The van der Waals surface area contributed by atoms with Crippen LogP contribution in [0.5, 0.6) is 11.5 Å². The second-order valence-corrected chi connectivity index (χ2v) is 5.72. The zero-order valence-corrected chi connectivity index (χ0v) is 13.4. The van der Waals surface area contributed by atoms with Crippen molar-refractivity contribution in [1.82, 2.24) is 0 Å². The highest BCUT2D eigenvalue weighted by atomic mass is 35.5. The molecule has 3 heteroatoms. The standard InChI is InChI=1S/C18H21ClO2/c1-4-12(2)15-7-5-6-8-18(15)21-14-9-10-16(13(3)20)17(19)11-14/h5-13,20H,4H2,1-3H3. The molecule has 2 atom stereocenters. The van der Waals surface area contributed by atoms with E-state index in [1.54, 1.807) is 19.1 Å². The Morgan fingerprint density at radius 3 is 2.43 bits per heavy atom. The average Bonchev–Trinajstić information content (AvgIpc) is 2.46. The van der Waals surface area contributed by atoms with Crippen molar-refractivity contribution in [3.63, 3.8) is 0 Å². The number of ether oxygens (including phenoxy) is 1. The third kappa shape index (κ3) is 3.78. The van der Waals surface area contributed by atoms with Crippen molar-refractivity contribution < 1.29 is 9.84 Å². The summed E-state index contributed by atoms with van der Waals surface area (Å²) >= 11 is 6.18. The third-order valence-electron chi connectivity index (χ3n) is 3.71. The minimum atomic E-state index is -0.584. The van der Waals surface area contributed by atoms with Crippen molar-refractivity contribution in [3.8, 4) is 11.5 Å². The van der Waals surface area contributed by atoms with Crippen molar-refractivity contribution in [3.05, 3.63) is 58.6 Å². The van der Waals surface area contributed by atoms with Crippen LogP contribution in [0.2, 0.25) is 5.02 Å². The second kappa shape index (κ2) is 6.97. The lowest BCUT2D eigenvalue weighted by molar-refractivity contribution is 0.199. The zero-order valence-electron chi connectivity index (χ0n) is 12.6. The van der Waals surface area contributed by atoms with Gasteiger partial charge in [-0.15, -0.1) is 0 Å². The van der Waals surface area contributed by atoms with E-state index in [2.05, 4.69) is 19.9 Å². The molecule has 0 aliphatic rings. The summed E-state index contributed by atoms with van der Waals surface area (Å²) in [4.78, 5) is 0. The highest BCUT2D eigenvalue weighted by Crippen LogP contribution is 2.34. The van der Waals surface area contributed by atoms with Gasteiger partial charge in [-0.3, -0.25) is 0 Å². The topological polar surface area (TPSA) is 29.5 Å². The van der Waals surface area contributed by atoms with Crippen molar-refractivity contribution in [1.29, 1.82) is 0 Å². The van der Waals surface area contributed by atoms with Crippen LogP contribution in [0.25, 0.3) is 0 Å². The van der Waals surface area contributed by atoms with Gasteiger partial charge in [0.2, 0.25) is 0 Å². The molecule has 2 unspecified atom stereocenters. The molecule has 21 heavy (non-hydrogen) atoms. The molecule has 2 aromatic rings. The van der Waals surface area contributed by atoms with Crippen LogP contribution in [0.15, 0.2) is 42.5 Å². The fraction of sp³-hybridized carbons (Fsp3) is 0.333. The smallest absolute Gasteiger partial charge is 0.130 e. The second-order valence-electron chi connectivity index (χ2n) is 5.31. The maximum Gasteiger partial charge on any atom is 0.130 e. The van der Waals surface area contributed by atoms with Gasteiger partial charge in [-0.05, 0) is 48.6 Å². The van der Waals surface area contributed by atoms with Gasteiger partial charge in [-0.25, -0.2) is 0 Å². The van der Waals surface area contributed by atoms with Gasteiger partial charge in [-0.1, -0.05) is 49.7 Å². The van der Waals surface area contributed by atoms with E-state index < -0.39 is 6.10 Å². The van der Waals surface area contributed by atoms with Gasteiger partial charge >= 0.3 is 0 Å². The predicted octanol–water partition coefficient (Wildman–Crippen LogP) is 5.70. The van der Waals surface area contributed by atoms with Gasteiger partial charge in [0.1, 0.15) is 11.5 Å². The summed E-state index contributed by atoms with van der Waals surface area (Å²) in [5.74, 6) is 1.97. The van der Waals surface area contributed by atoms with E-state index >= 15 is 0 Å². The molecule has 2 rings (SSSR count). The fourth-order valence-corrected chi connectivity index (χ4v) is 2.57. The van der Waals surface area contributed by atoms with E-state index in [-0.39, 0.29) is 0 Å². The molecule has 0 saturated carbocycles. The SMILES string of the molecule is CCC(C)c1ccccc1Oc1ccc(C(C)O)c(Cl)c1. The average molecular weight is 305 g/mol. The molecule has 2 aromatic carbocycles. The summed E-state index contributed by atoms with van der Waals surface area (Å²) in [5.41, 5.74) is 1.90. The molecule has 0 amide bonds. The van der Waals surface area contributed by atoms with Gasteiger partial charge in [0.15, 0.2) is 0 Å². The van der Waals surface area contributed by atoms with Crippen molar-refractivity contribution >= 4 is 11.6 Å². The van der Waals surface area contributed by atoms with E-state index in [0.29, 0.717) is 22.3 Å². The monoisotopic (exact) mass is 304 g/mol. The molecule has 1 N–H and O–H groups in total. The highest BCUT2D eigenvalue weighted by Gasteiger charge is 2.12. The summed E-state index contributed by atoms with van der Waals surface area (Å²) in [5, 5.41) is 10.1. The number of halogens is 1. The Morgan fingerprint density at radius 1 is 1.10 bits per heavy atom. The quantitative estimate of drug-likeness (QED) is 0.768. The molecule has 0 heterocycles. The largest absolute Gasteiger partial charge is 0.457 e. The summed E-state index contributed by atoms with van der Waals surface area (Å²) in [6, 6.07) is 13.4. The minimum Gasteiger partial charge on any atom is -0.457 e. The Bertz CT molecular complexity index is 608. The molecule has 0 bridgehead atoms. The van der Waals surface area contributed by atoms with Crippen LogP contribution in [0.4, 0.5) is 0 Å². The molecular formula is C18H21ClO2. The number of aliphatic hydroxyl groups excluding tert-OH is 1. The van der Waals surface area contributed by atoms with E-state index in [0.717, 1.165) is 12.2 Å². The number of para-hydroxylation sites is 1. The summed E-state index contributed by atoms with van der Waals surface area (Å²) < 4.78 is 5.98. The molecule has 0 spiro atoms. The molecule has 0 aromatic heterocycles. The first kappa shape index (κ1) is 15.9. The first-order chi connectivity index (χ1) is 10.0. The Labute approximate surface area is 131 Å². The minimum absolute atomic E-state index is 0.438. The molecule has 2 nitrogen and oxygen atoms in total. The van der Waals surface area contributed by atoms with Crippen LogP contribution in [-0.2, 0) is 0 Å². The molecule has 0 fully saturated rings. The van der Waals surface area contributed by atoms with Gasteiger partial charge in [0.05, 0.1) is 11.1 Å². The van der Waals surface area contributed by atoms with Crippen LogP contribution < -0.4 is 4.74 Å². The number of hydrogen-bond donors (Lipinski definition) is 1. The van der Waals surface area contributed by atoms with Crippen molar-refractivity contribution in [2.45, 2.75) is 39.2 Å². The molecule has 112 valence electrons. The molecule has 0 aliphatic carbocycles. The summed E-state index contributed by atoms with van der Waals surface area (Å²) in [7, 11) is 0. The normalized spacial score (nSPS) is 13.8.